The molecule has 3 rings (SSSR count). The zero-order valence-electron chi connectivity index (χ0n) is 10.2. The average molecular weight is 312 g/mol. The fraction of sp³-hybridized carbons (Fsp3) is 0.231. The summed E-state index contributed by atoms with van der Waals surface area (Å²) in [6.07, 6.45) is 1.64. The Labute approximate surface area is 124 Å². The van der Waals surface area contributed by atoms with Crippen molar-refractivity contribution in [2.24, 2.45) is 0 Å². The van der Waals surface area contributed by atoms with Gasteiger partial charge in [0.2, 0.25) is 0 Å². The largest absolute Gasteiger partial charge is 0.304 e. The Kier molecular flexibility index (Phi) is 3.48. The van der Waals surface area contributed by atoms with Gasteiger partial charge in [-0.2, -0.15) is 0 Å². The molecule has 0 spiro atoms. The first-order valence-corrected chi connectivity index (χ1v) is 7.61. The van der Waals surface area contributed by atoms with Gasteiger partial charge in [-0.05, 0) is 24.4 Å². The molecule has 0 fully saturated rings. The van der Waals surface area contributed by atoms with Gasteiger partial charge >= 0.3 is 0 Å². The molecule has 0 N–H and O–H groups in total. The fourth-order valence-corrected chi connectivity index (χ4v) is 3.28. The van der Waals surface area contributed by atoms with Crippen LogP contribution in [0, 0.1) is 0 Å². The van der Waals surface area contributed by atoms with E-state index in [1.807, 2.05) is 12.1 Å². The second-order valence-electron chi connectivity index (χ2n) is 4.22. The molecule has 1 atom stereocenters. The van der Waals surface area contributed by atoms with Gasteiger partial charge in [0, 0.05) is 11.1 Å². The summed E-state index contributed by atoms with van der Waals surface area (Å²) in [7, 11) is 0. The lowest BCUT2D eigenvalue weighted by molar-refractivity contribution is 0.639. The van der Waals surface area contributed by atoms with Gasteiger partial charge in [0.05, 0.1) is 16.9 Å². The highest BCUT2D eigenvalue weighted by atomic mass is 35.5. The lowest BCUT2D eigenvalue weighted by atomic mass is 10.2. The highest BCUT2D eigenvalue weighted by Crippen LogP contribution is 2.29. The van der Waals surface area contributed by atoms with Crippen molar-refractivity contribution in [3.8, 4) is 0 Å². The minimum atomic E-state index is 0.160. The standard InChI is InChI=1S/C13H11Cl2N3S/c1-8(11-3-2-4-19-11)18-12(6-14)17-10-5-9(15)7-16-13(10)18/h2-5,7-8H,6H2,1H3. The second-order valence-corrected chi connectivity index (χ2v) is 5.90. The van der Waals surface area contributed by atoms with Gasteiger partial charge in [-0.3, -0.25) is 0 Å². The maximum absolute atomic E-state index is 6.01. The summed E-state index contributed by atoms with van der Waals surface area (Å²) >= 11 is 13.7. The summed E-state index contributed by atoms with van der Waals surface area (Å²) in [4.78, 5) is 10.2. The van der Waals surface area contributed by atoms with Crippen LogP contribution in [-0.4, -0.2) is 14.5 Å². The van der Waals surface area contributed by atoms with E-state index in [-0.39, 0.29) is 6.04 Å². The van der Waals surface area contributed by atoms with Gasteiger partial charge in [0.1, 0.15) is 11.3 Å². The topological polar surface area (TPSA) is 30.7 Å². The molecule has 0 amide bonds. The van der Waals surface area contributed by atoms with E-state index in [2.05, 4.69) is 32.9 Å². The number of alkyl halides is 1. The third-order valence-corrected chi connectivity index (χ3v) is 4.52. The van der Waals surface area contributed by atoms with Crippen molar-refractivity contribution < 1.29 is 0 Å². The molecular weight excluding hydrogens is 301 g/mol. The summed E-state index contributed by atoms with van der Waals surface area (Å²) in [5.41, 5.74) is 1.60. The van der Waals surface area contributed by atoms with E-state index in [1.54, 1.807) is 17.5 Å². The number of thiophene rings is 1. The van der Waals surface area contributed by atoms with Gasteiger partial charge in [-0.15, -0.1) is 22.9 Å². The van der Waals surface area contributed by atoms with E-state index in [4.69, 9.17) is 23.2 Å². The Morgan fingerprint density at radius 2 is 2.32 bits per heavy atom. The minimum Gasteiger partial charge on any atom is -0.304 e. The van der Waals surface area contributed by atoms with Crippen molar-refractivity contribution >= 4 is 45.7 Å². The van der Waals surface area contributed by atoms with Crippen LogP contribution in [0.1, 0.15) is 23.7 Å². The van der Waals surface area contributed by atoms with Crippen molar-refractivity contribution in [3.05, 3.63) is 45.5 Å². The minimum absolute atomic E-state index is 0.160. The van der Waals surface area contributed by atoms with E-state index in [1.165, 1.54) is 4.88 Å². The van der Waals surface area contributed by atoms with Crippen molar-refractivity contribution in [3.63, 3.8) is 0 Å². The number of hydrogen-bond acceptors (Lipinski definition) is 3. The summed E-state index contributed by atoms with van der Waals surface area (Å²) < 4.78 is 2.07. The van der Waals surface area contributed by atoms with Crippen LogP contribution in [0.25, 0.3) is 11.2 Å². The van der Waals surface area contributed by atoms with Gasteiger partial charge in [0.15, 0.2) is 5.65 Å². The molecule has 6 heteroatoms. The van der Waals surface area contributed by atoms with E-state index < -0.39 is 0 Å². The van der Waals surface area contributed by atoms with E-state index in [0.717, 1.165) is 17.0 Å². The highest BCUT2D eigenvalue weighted by Gasteiger charge is 2.18. The smallest absolute Gasteiger partial charge is 0.160 e. The molecule has 3 aromatic rings. The fourth-order valence-electron chi connectivity index (χ4n) is 2.16. The number of nitrogens with zero attached hydrogens (tertiary/aromatic N) is 3. The summed E-state index contributed by atoms with van der Waals surface area (Å²) in [6.45, 7) is 2.12. The van der Waals surface area contributed by atoms with Crippen LogP contribution in [0.2, 0.25) is 5.02 Å². The highest BCUT2D eigenvalue weighted by molar-refractivity contribution is 7.10. The normalized spacial score (nSPS) is 13.0. The SMILES string of the molecule is CC(c1cccs1)n1c(CCl)nc2cc(Cl)cnc21. The first-order chi connectivity index (χ1) is 9.20. The molecule has 0 saturated heterocycles. The molecule has 1 unspecified atom stereocenters. The quantitative estimate of drug-likeness (QED) is 0.667. The molecule has 3 aromatic heterocycles. The molecule has 0 aliphatic rings. The Balaban J connectivity index is 2.21. The number of fused-ring (bicyclic) bond motifs is 1. The van der Waals surface area contributed by atoms with Crippen molar-refractivity contribution in [1.82, 2.24) is 14.5 Å². The molecule has 0 bridgehead atoms. The van der Waals surface area contributed by atoms with Crippen molar-refractivity contribution in [2.75, 3.05) is 0 Å². The molecule has 0 aromatic carbocycles. The Morgan fingerprint density at radius 3 is 3.00 bits per heavy atom. The average Bonchev–Trinajstić information content (AvgIpc) is 3.04. The first kappa shape index (κ1) is 12.9. The van der Waals surface area contributed by atoms with Gasteiger partial charge in [0.25, 0.3) is 0 Å². The Bertz CT molecular complexity index is 706. The van der Waals surface area contributed by atoms with Crippen LogP contribution < -0.4 is 0 Å². The Hall–Kier alpha value is -1.10. The van der Waals surface area contributed by atoms with E-state index >= 15 is 0 Å². The third-order valence-electron chi connectivity index (χ3n) is 3.03. The molecule has 0 saturated carbocycles. The summed E-state index contributed by atoms with van der Waals surface area (Å²) in [5, 5.41) is 2.65. The number of hydrogen-bond donors (Lipinski definition) is 0. The first-order valence-electron chi connectivity index (χ1n) is 5.82. The van der Waals surface area contributed by atoms with Crippen LogP contribution >= 0.6 is 34.5 Å². The van der Waals surface area contributed by atoms with E-state index in [9.17, 15) is 0 Å². The number of imidazole rings is 1. The van der Waals surface area contributed by atoms with E-state index in [0.29, 0.717) is 10.9 Å². The predicted octanol–water partition coefficient (Wildman–Crippen LogP) is 4.49. The van der Waals surface area contributed by atoms with Crippen LogP contribution in [0.15, 0.2) is 29.8 Å². The van der Waals surface area contributed by atoms with Gasteiger partial charge in [-0.1, -0.05) is 17.7 Å². The molecule has 19 heavy (non-hydrogen) atoms. The molecule has 0 radical (unpaired) electrons. The monoisotopic (exact) mass is 311 g/mol. The van der Waals surface area contributed by atoms with Crippen LogP contribution in [-0.2, 0) is 5.88 Å². The molecule has 0 aliphatic carbocycles. The number of aromatic nitrogens is 3. The zero-order valence-corrected chi connectivity index (χ0v) is 12.5. The maximum Gasteiger partial charge on any atom is 0.160 e. The maximum atomic E-state index is 6.01. The van der Waals surface area contributed by atoms with Gasteiger partial charge < -0.3 is 4.57 Å². The van der Waals surface area contributed by atoms with Crippen LogP contribution in [0.4, 0.5) is 0 Å². The van der Waals surface area contributed by atoms with Crippen LogP contribution in [0.5, 0.6) is 0 Å². The number of pyridine rings is 1. The van der Waals surface area contributed by atoms with Gasteiger partial charge in [-0.25, -0.2) is 9.97 Å². The molecule has 98 valence electrons. The van der Waals surface area contributed by atoms with Crippen LogP contribution in [0.3, 0.4) is 0 Å². The number of halogens is 2. The molecule has 0 aliphatic heterocycles. The molecular formula is C13H11Cl2N3S. The summed E-state index contributed by atoms with van der Waals surface area (Å²) in [6, 6.07) is 6.12. The number of rotatable bonds is 3. The second kappa shape index (κ2) is 5.12. The third kappa shape index (κ3) is 2.24. The predicted molar refractivity (Wildman–Crippen MR) is 80.2 cm³/mol. The lowest BCUT2D eigenvalue weighted by Crippen LogP contribution is -2.09. The Morgan fingerprint density at radius 1 is 1.47 bits per heavy atom. The molecule has 3 nitrogen and oxygen atoms in total. The lowest BCUT2D eigenvalue weighted by Gasteiger charge is -2.14. The summed E-state index contributed by atoms with van der Waals surface area (Å²) in [5.74, 6) is 1.16. The van der Waals surface area contributed by atoms with Crippen molar-refractivity contribution in [1.29, 1.82) is 0 Å². The molecule has 3 heterocycles. The van der Waals surface area contributed by atoms with Crippen molar-refractivity contribution in [2.45, 2.75) is 18.8 Å². The zero-order chi connectivity index (χ0) is 13.4.